The van der Waals surface area contributed by atoms with Crippen LogP contribution in [0.15, 0.2) is 17.0 Å². The molecule has 112 valence electrons. The number of hydrogen-bond donors (Lipinski definition) is 2. The predicted molar refractivity (Wildman–Crippen MR) is 71.8 cm³/mol. The largest absolute Gasteiger partial charge is 0.497 e. The summed E-state index contributed by atoms with van der Waals surface area (Å²) >= 11 is 0. The number of methoxy groups -OCH3 is 2. The Bertz CT molecular complexity index is 611. The van der Waals surface area contributed by atoms with Crippen LogP contribution in [0, 0.1) is 0 Å². The molecule has 3 N–H and O–H groups in total. The lowest BCUT2D eigenvalue weighted by Crippen LogP contribution is -2.17. The van der Waals surface area contributed by atoms with E-state index in [4.69, 9.17) is 20.3 Å². The maximum absolute atomic E-state index is 11.8. The van der Waals surface area contributed by atoms with Gasteiger partial charge in [-0.25, -0.2) is 8.42 Å². The molecule has 20 heavy (non-hydrogen) atoms. The molecule has 0 aliphatic heterocycles. The van der Waals surface area contributed by atoms with E-state index in [0.29, 0.717) is 0 Å². The summed E-state index contributed by atoms with van der Waals surface area (Å²) in [5.41, 5.74) is 6.07. The Labute approximate surface area is 117 Å². The first-order chi connectivity index (χ1) is 9.20. The van der Waals surface area contributed by atoms with E-state index in [2.05, 4.69) is 0 Å². The van der Waals surface area contributed by atoms with Gasteiger partial charge in [-0.1, -0.05) is 0 Å². The average molecular weight is 303 g/mol. The third kappa shape index (κ3) is 3.61. The molecule has 1 rings (SSSR count). The zero-order valence-electron chi connectivity index (χ0n) is 11.4. The highest BCUT2D eigenvalue weighted by molar-refractivity contribution is 7.90. The van der Waals surface area contributed by atoms with Crippen LogP contribution in [0.5, 0.6) is 11.5 Å². The van der Waals surface area contributed by atoms with Crippen LogP contribution in [0.25, 0.3) is 0 Å². The van der Waals surface area contributed by atoms with Gasteiger partial charge in [0.05, 0.1) is 20.6 Å². The van der Waals surface area contributed by atoms with Crippen molar-refractivity contribution in [2.45, 2.75) is 17.4 Å². The molecule has 1 atom stereocenters. The topological polar surface area (TPSA) is 116 Å². The molecule has 0 radical (unpaired) electrons. The molecule has 0 aliphatic carbocycles. The SMILES string of the molecule is COc1cc(C(N)CC(=O)O)c(OC)c(S(C)(=O)=O)c1. The number of sulfone groups is 1. The van der Waals surface area contributed by atoms with Gasteiger partial charge >= 0.3 is 5.97 Å². The fourth-order valence-electron chi connectivity index (χ4n) is 1.78. The number of ether oxygens (including phenoxy) is 2. The maximum atomic E-state index is 11.8. The van der Waals surface area contributed by atoms with E-state index in [1.54, 1.807) is 0 Å². The summed E-state index contributed by atoms with van der Waals surface area (Å²) in [7, 11) is -0.896. The number of carboxylic acids is 1. The maximum Gasteiger partial charge on any atom is 0.305 e. The van der Waals surface area contributed by atoms with Crippen molar-refractivity contribution in [1.82, 2.24) is 0 Å². The first-order valence-electron chi connectivity index (χ1n) is 5.64. The van der Waals surface area contributed by atoms with Crippen LogP contribution < -0.4 is 15.2 Å². The number of rotatable bonds is 6. The number of hydrogen-bond acceptors (Lipinski definition) is 6. The number of carboxylic acid groups (broad SMARTS) is 1. The van der Waals surface area contributed by atoms with Crippen LogP contribution in [0.2, 0.25) is 0 Å². The van der Waals surface area contributed by atoms with E-state index in [1.807, 2.05) is 0 Å². The van der Waals surface area contributed by atoms with Crippen LogP contribution in [0.3, 0.4) is 0 Å². The van der Waals surface area contributed by atoms with Gasteiger partial charge in [0.25, 0.3) is 0 Å². The fourth-order valence-corrected chi connectivity index (χ4v) is 2.65. The second-order valence-corrected chi connectivity index (χ2v) is 6.21. The number of benzene rings is 1. The summed E-state index contributed by atoms with van der Waals surface area (Å²) < 4.78 is 33.7. The van der Waals surface area contributed by atoms with Crippen molar-refractivity contribution in [3.8, 4) is 11.5 Å². The van der Waals surface area contributed by atoms with E-state index in [9.17, 15) is 13.2 Å². The summed E-state index contributed by atoms with van der Waals surface area (Å²) in [4.78, 5) is 10.7. The molecule has 0 amide bonds. The van der Waals surface area contributed by atoms with E-state index in [-0.39, 0.29) is 28.4 Å². The standard InChI is InChI=1S/C12H17NO6S/c1-18-7-4-8(9(13)6-11(14)15)12(19-2)10(5-7)20(3,16)17/h4-5,9H,6,13H2,1-3H3,(H,14,15). The fraction of sp³-hybridized carbons (Fsp3) is 0.417. The van der Waals surface area contributed by atoms with Crippen molar-refractivity contribution in [3.63, 3.8) is 0 Å². The summed E-state index contributed by atoms with van der Waals surface area (Å²) in [6, 6.07) is 1.88. The minimum atomic E-state index is -3.57. The Balaban J connectivity index is 3.53. The van der Waals surface area contributed by atoms with Crippen molar-refractivity contribution >= 4 is 15.8 Å². The molecule has 7 nitrogen and oxygen atoms in total. The molecule has 0 aromatic heterocycles. The van der Waals surface area contributed by atoms with Gasteiger partial charge in [-0.05, 0) is 6.07 Å². The predicted octanol–water partition coefficient (Wildman–Crippen LogP) is 0.582. The minimum Gasteiger partial charge on any atom is -0.497 e. The third-order valence-corrected chi connectivity index (χ3v) is 3.79. The van der Waals surface area contributed by atoms with Crippen LogP contribution in [-0.4, -0.2) is 40.0 Å². The van der Waals surface area contributed by atoms with Crippen LogP contribution in [0.4, 0.5) is 0 Å². The Morgan fingerprint density at radius 1 is 1.35 bits per heavy atom. The van der Waals surface area contributed by atoms with E-state index in [0.717, 1.165) is 6.26 Å². The molecule has 0 saturated carbocycles. The molecule has 0 aliphatic rings. The molecular weight excluding hydrogens is 286 g/mol. The Morgan fingerprint density at radius 2 is 1.95 bits per heavy atom. The van der Waals surface area contributed by atoms with Crippen LogP contribution >= 0.6 is 0 Å². The van der Waals surface area contributed by atoms with Gasteiger partial charge < -0.3 is 20.3 Å². The van der Waals surface area contributed by atoms with Crippen molar-refractivity contribution in [2.75, 3.05) is 20.5 Å². The first kappa shape index (κ1) is 16.3. The van der Waals surface area contributed by atoms with Gasteiger partial charge in [0.15, 0.2) is 9.84 Å². The van der Waals surface area contributed by atoms with Crippen molar-refractivity contribution < 1.29 is 27.8 Å². The molecule has 0 fully saturated rings. The Morgan fingerprint density at radius 3 is 2.35 bits per heavy atom. The second-order valence-electron chi connectivity index (χ2n) is 4.22. The highest BCUT2D eigenvalue weighted by atomic mass is 32.2. The smallest absolute Gasteiger partial charge is 0.305 e. The van der Waals surface area contributed by atoms with E-state index in [1.165, 1.54) is 26.4 Å². The van der Waals surface area contributed by atoms with E-state index < -0.39 is 21.8 Å². The van der Waals surface area contributed by atoms with Crippen molar-refractivity contribution in [2.24, 2.45) is 5.73 Å². The highest BCUT2D eigenvalue weighted by Gasteiger charge is 2.24. The summed E-state index contributed by atoms with van der Waals surface area (Å²) in [6.07, 6.45) is 0.670. The number of nitrogens with two attached hydrogens (primary N) is 1. The highest BCUT2D eigenvalue weighted by Crippen LogP contribution is 2.36. The Kier molecular flexibility index (Phi) is 4.96. The van der Waals surface area contributed by atoms with Gasteiger partial charge in [0.1, 0.15) is 16.4 Å². The molecule has 1 aromatic carbocycles. The molecule has 1 unspecified atom stereocenters. The summed E-state index contributed by atoms with van der Waals surface area (Å²) in [6.45, 7) is 0. The lowest BCUT2D eigenvalue weighted by Gasteiger charge is -2.18. The first-order valence-corrected chi connectivity index (χ1v) is 7.53. The summed E-state index contributed by atoms with van der Waals surface area (Å²) in [5.74, 6) is -0.785. The van der Waals surface area contributed by atoms with Crippen LogP contribution in [-0.2, 0) is 14.6 Å². The Hall–Kier alpha value is -1.80. The van der Waals surface area contributed by atoms with Gasteiger partial charge in [0.2, 0.25) is 0 Å². The molecule has 1 aromatic rings. The van der Waals surface area contributed by atoms with Gasteiger partial charge in [-0.15, -0.1) is 0 Å². The number of aliphatic carboxylic acids is 1. The average Bonchev–Trinajstić information content (AvgIpc) is 2.35. The van der Waals surface area contributed by atoms with Crippen LogP contribution in [0.1, 0.15) is 18.0 Å². The van der Waals surface area contributed by atoms with Crippen molar-refractivity contribution in [1.29, 1.82) is 0 Å². The quantitative estimate of drug-likeness (QED) is 0.789. The monoisotopic (exact) mass is 303 g/mol. The zero-order chi connectivity index (χ0) is 15.5. The minimum absolute atomic E-state index is 0.0436. The number of carbonyl (C=O) groups is 1. The van der Waals surface area contributed by atoms with E-state index >= 15 is 0 Å². The van der Waals surface area contributed by atoms with Gasteiger partial charge in [-0.2, -0.15) is 0 Å². The summed E-state index contributed by atoms with van der Waals surface area (Å²) in [5, 5.41) is 8.79. The molecule has 0 bridgehead atoms. The normalized spacial score (nSPS) is 12.8. The third-order valence-electron chi connectivity index (χ3n) is 2.69. The van der Waals surface area contributed by atoms with Crippen molar-refractivity contribution in [3.05, 3.63) is 17.7 Å². The van der Waals surface area contributed by atoms with Gasteiger partial charge in [-0.3, -0.25) is 4.79 Å². The second kappa shape index (κ2) is 6.10. The molecule has 8 heteroatoms. The zero-order valence-corrected chi connectivity index (χ0v) is 12.2. The lowest BCUT2D eigenvalue weighted by atomic mass is 10.0. The lowest BCUT2D eigenvalue weighted by molar-refractivity contribution is -0.137. The van der Waals surface area contributed by atoms with Gasteiger partial charge in [0, 0.05) is 23.9 Å². The molecule has 0 saturated heterocycles. The molecule has 0 spiro atoms. The molecule has 0 heterocycles. The molecular formula is C12H17NO6S.